The summed E-state index contributed by atoms with van der Waals surface area (Å²) in [6.07, 6.45) is 0. The second-order valence-electron chi connectivity index (χ2n) is 7.07. The van der Waals surface area contributed by atoms with E-state index in [2.05, 4.69) is 10.1 Å². The molecular weight excluding hydrogens is 356 g/mol. The molecule has 0 amide bonds. The molecule has 7 nitrogen and oxygen atoms in total. The van der Waals surface area contributed by atoms with E-state index in [0.717, 1.165) is 5.56 Å². The normalized spacial score (nSPS) is 11.4. The van der Waals surface area contributed by atoms with Gasteiger partial charge in [-0.25, -0.2) is 4.79 Å². The van der Waals surface area contributed by atoms with Gasteiger partial charge in [0.05, 0.1) is 10.9 Å². The third kappa shape index (κ3) is 3.26. The Morgan fingerprint density at radius 1 is 0.964 bits per heavy atom. The SMILES string of the molecule is CC(C)Cn1c(=O)c2ccccc2n(Cc2nc(-c3ccccc3)no2)c1=O. The smallest absolute Gasteiger partial charge is 0.331 e. The van der Waals surface area contributed by atoms with Crippen LogP contribution in [0, 0.1) is 5.92 Å². The lowest BCUT2D eigenvalue weighted by Crippen LogP contribution is -2.41. The van der Waals surface area contributed by atoms with Gasteiger partial charge in [-0.2, -0.15) is 4.98 Å². The molecule has 142 valence electrons. The van der Waals surface area contributed by atoms with Gasteiger partial charge in [0.1, 0.15) is 6.54 Å². The minimum atomic E-state index is -0.378. The van der Waals surface area contributed by atoms with E-state index >= 15 is 0 Å². The summed E-state index contributed by atoms with van der Waals surface area (Å²) in [5, 5.41) is 4.50. The van der Waals surface area contributed by atoms with Crippen LogP contribution in [0.1, 0.15) is 19.7 Å². The van der Waals surface area contributed by atoms with Crippen LogP contribution in [0.25, 0.3) is 22.3 Å². The zero-order valence-corrected chi connectivity index (χ0v) is 15.7. The Balaban J connectivity index is 1.82. The van der Waals surface area contributed by atoms with E-state index in [4.69, 9.17) is 4.52 Å². The first kappa shape index (κ1) is 17.9. The molecule has 7 heteroatoms. The van der Waals surface area contributed by atoms with E-state index < -0.39 is 0 Å². The molecule has 0 saturated heterocycles. The number of aromatic nitrogens is 4. The van der Waals surface area contributed by atoms with Crippen molar-refractivity contribution in [2.24, 2.45) is 5.92 Å². The molecule has 0 spiro atoms. The van der Waals surface area contributed by atoms with Gasteiger partial charge in [0.15, 0.2) is 0 Å². The Morgan fingerprint density at radius 3 is 2.43 bits per heavy atom. The topological polar surface area (TPSA) is 82.9 Å². The Bertz CT molecular complexity index is 1240. The molecule has 0 aliphatic rings. The number of hydrogen-bond donors (Lipinski definition) is 0. The lowest BCUT2D eigenvalue weighted by Gasteiger charge is -2.14. The van der Waals surface area contributed by atoms with Crippen LogP contribution in [0.2, 0.25) is 0 Å². The number of rotatable bonds is 5. The van der Waals surface area contributed by atoms with E-state index in [0.29, 0.717) is 29.2 Å². The van der Waals surface area contributed by atoms with E-state index in [1.807, 2.05) is 44.2 Å². The molecular formula is C21H20N4O3. The largest absolute Gasteiger partial charge is 0.337 e. The van der Waals surface area contributed by atoms with Crippen molar-refractivity contribution in [1.82, 2.24) is 19.3 Å². The summed E-state index contributed by atoms with van der Waals surface area (Å²) in [6.45, 7) is 4.38. The van der Waals surface area contributed by atoms with Gasteiger partial charge in [0, 0.05) is 12.1 Å². The first-order chi connectivity index (χ1) is 13.5. The van der Waals surface area contributed by atoms with Crippen LogP contribution < -0.4 is 11.2 Å². The van der Waals surface area contributed by atoms with Crippen LogP contribution in [-0.4, -0.2) is 19.3 Å². The van der Waals surface area contributed by atoms with Gasteiger partial charge >= 0.3 is 5.69 Å². The Labute approximate surface area is 160 Å². The third-order valence-corrected chi connectivity index (χ3v) is 4.47. The predicted molar refractivity (Wildman–Crippen MR) is 106 cm³/mol. The summed E-state index contributed by atoms with van der Waals surface area (Å²) < 4.78 is 8.16. The number of benzene rings is 2. The summed E-state index contributed by atoms with van der Waals surface area (Å²) in [5.41, 5.74) is 0.731. The zero-order valence-electron chi connectivity index (χ0n) is 15.7. The van der Waals surface area contributed by atoms with E-state index in [-0.39, 0.29) is 23.7 Å². The van der Waals surface area contributed by atoms with Crippen molar-refractivity contribution in [3.63, 3.8) is 0 Å². The van der Waals surface area contributed by atoms with Crippen molar-refractivity contribution in [2.45, 2.75) is 26.9 Å². The number of nitrogens with zero attached hydrogens (tertiary/aromatic N) is 4. The highest BCUT2D eigenvalue weighted by Crippen LogP contribution is 2.16. The Kier molecular flexibility index (Phi) is 4.65. The molecule has 0 radical (unpaired) electrons. The lowest BCUT2D eigenvalue weighted by molar-refractivity contribution is 0.368. The molecule has 2 aromatic heterocycles. The van der Waals surface area contributed by atoms with Gasteiger partial charge in [-0.15, -0.1) is 0 Å². The summed E-state index contributed by atoms with van der Waals surface area (Å²) >= 11 is 0. The van der Waals surface area contributed by atoms with Crippen LogP contribution in [-0.2, 0) is 13.1 Å². The predicted octanol–water partition coefficient (Wildman–Crippen LogP) is 2.92. The van der Waals surface area contributed by atoms with Crippen molar-refractivity contribution < 1.29 is 4.52 Å². The van der Waals surface area contributed by atoms with Gasteiger partial charge in [-0.05, 0) is 18.1 Å². The van der Waals surface area contributed by atoms with E-state index in [1.165, 1.54) is 9.13 Å². The lowest BCUT2D eigenvalue weighted by atomic mass is 10.2. The van der Waals surface area contributed by atoms with Gasteiger partial charge in [-0.3, -0.25) is 13.9 Å². The molecule has 28 heavy (non-hydrogen) atoms. The summed E-state index contributed by atoms with van der Waals surface area (Å²) in [6, 6.07) is 16.6. The van der Waals surface area contributed by atoms with Gasteiger partial charge in [0.2, 0.25) is 11.7 Å². The fraction of sp³-hybridized carbons (Fsp3) is 0.238. The van der Waals surface area contributed by atoms with Gasteiger partial charge in [-0.1, -0.05) is 61.5 Å². The highest BCUT2D eigenvalue weighted by Gasteiger charge is 2.16. The van der Waals surface area contributed by atoms with Crippen molar-refractivity contribution in [1.29, 1.82) is 0 Å². The average molecular weight is 376 g/mol. The fourth-order valence-electron chi connectivity index (χ4n) is 3.21. The highest BCUT2D eigenvalue weighted by atomic mass is 16.5. The number of hydrogen-bond acceptors (Lipinski definition) is 5. The van der Waals surface area contributed by atoms with Crippen molar-refractivity contribution in [3.05, 3.63) is 81.3 Å². The van der Waals surface area contributed by atoms with Crippen molar-refractivity contribution >= 4 is 10.9 Å². The number of fused-ring (bicyclic) bond motifs is 1. The van der Waals surface area contributed by atoms with Crippen LogP contribution in [0.3, 0.4) is 0 Å². The monoisotopic (exact) mass is 376 g/mol. The molecule has 0 saturated carbocycles. The maximum Gasteiger partial charge on any atom is 0.331 e. The van der Waals surface area contributed by atoms with Gasteiger partial charge < -0.3 is 4.52 Å². The molecule has 0 fully saturated rings. The molecule has 2 aromatic carbocycles. The maximum absolute atomic E-state index is 13.1. The van der Waals surface area contributed by atoms with Crippen molar-refractivity contribution in [3.8, 4) is 11.4 Å². The summed E-state index contributed by atoms with van der Waals surface area (Å²) in [7, 11) is 0. The second kappa shape index (κ2) is 7.26. The standard InChI is InChI=1S/C21H20N4O3/c1-14(2)12-25-20(26)16-10-6-7-11-17(16)24(21(25)27)13-18-22-19(23-28-18)15-8-4-3-5-9-15/h3-11,14H,12-13H2,1-2H3. The molecule has 0 aliphatic heterocycles. The maximum atomic E-state index is 13.1. The molecule has 0 N–H and O–H groups in total. The fourth-order valence-corrected chi connectivity index (χ4v) is 3.21. The van der Waals surface area contributed by atoms with Gasteiger partial charge in [0.25, 0.3) is 5.56 Å². The van der Waals surface area contributed by atoms with Crippen LogP contribution in [0.5, 0.6) is 0 Å². The molecule has 4 rings (SSSR count). The first-order valence-electron chi connectivity index (χ1n) is 9.15. The number of para-hydroxylation sites is 1. The van der Waals surface area contributed by atoms with E-state index in [1.54, 1.807) is 24.3 Å². The minimum Gasteiger partial charge on any atom is -0.337 e. The second-order valence-corrected chi connectivity index (χ2v) is 7.07. The van der Waals surface area contributed by atoms with Crippen LogP contribution in [0.4, 0.5) is 0 Å². The molecule has 0 bridgehead atoms. The Hall–Kier alpha value is -3.48. The zero-order chi connectivity index (χ0) is 19.7. The molecule has 0 atom stereocenters. The average Bonchev–Trinajstić information content (AvgIpc) is 3.18. The van der Waals surface area contributed by atoms with E-state index in [9.17, 15) is 9.59 Å². The minimum absolute atomic E-state index is 0.0948. The highest BCUT2D eigenvalue weighted by molar-refractivity contribution is 5.77. The van der Waals surface area contributed by atoms with Crippen LogP contribution >= 0.6 is 0 Å². The summed E-state index contributed by atoms with van der Waals surface area (Å²) in [4.78, 5) is 30.2. The quantitative estimate of drug-likeness (QED) is 0.535. The Morgan fingerprint density at radius 2 is 1.68 bits per heavy atom. The summed E-state index contributed by atoms with van der Waals surface area (Å²) in [5.74, 6) is 0.928. The molecule has 0 unspecified atom stereocenters. The first-order valence-corrected chi connectivity index (χ1v) is 9.15. The van der Waals surface area contributed by atoms with Crippen LogP contribution in [0.15, 0.2) is 68.7 Å². The molecule has 4 aromatic rings. The van der Waals surface area contributed by atoms with Crippen molar-refractivity contribution in [2.75, 3.05) is 0 Å². The molecule has 0 aliphatic carbocycles. The molecule has 2 heterocycles. The third-order valence-electron chi connectivity index (χ3n) is 4.47.